The molecule has 0 aromatic carbocycles. The molecular formula is C19H31IN2O3. The normalized spacial score (nSPS) is 26.2. The second kappa shape index (κ2) is 9.26. The maximum atomic E-state index is 13.1. The third kappa shape index (κ3) is 4.70. The molecule has 25 heavy (non-hydrogen) atoms. The fraction of sp³-hybridized carbons (Fsp3) is 0.737. The van der Waals surface area contributed by atoms with E-state index in [2.05, 4.69) is 53.7 Å². The molecule has 6 heteroatoms. The van der Waals surface area contributed by atoms with Gasteiger partial charge in [0.15, 0.2) is 0 Å². The van der Waals surface area contributed by atoms with Crippen molar-refractivity contribution < 1.29 is 14.3 Å². The maximum absolute atomic E-state index is 13.1. The maximum Gasteiger partial charge on any atom is 0.236 e. The smallest absolute Gasteiger partial charge is 0.236 e. The van der Waals surface area contributed by atoms with E-state index in [0.717, 1.165) is 61.3 Å². The Morgan fingerprint density at radius 2 is 1.88 bits per heavy atom. The fourth-order valence-electron chi connectivity index (χ4n) is 3.74. The number of ether oxygens (including phenoxy) is 2. The molecule has 1 spiro atoms. The molecule has 5 nitrogen and oxygen atoms in total. The highest BCUT2D eigenvalue weighted by atomic mass is 127. The van der Waals surface area contributed by atoms with Crippen molar-refractivity contribution >= 4 is 28.5 Å². The van der Waals surface area contributed by atoms with Crippen molar-refractivity contribution in [3.05, 3.63) is 23.7 Å². The van der Waals surface area contributed by atoms with Crippen LogP contribution in [0.3, 0.4) is 0 Å². The summed E-state index contributed by atoms with van der Waals surface area (Å²) in [5.41, 5.74) is -0.588. The molecule has 0 atom stereocenters. The fourth-order valence-corrected chi connectivity index (χ4v) is 4.18. The quantitative estimate of drug-likeness (QED) is 0.390. The standard InChI is InChI=1S/C19H31IN2O3/c1-21(2)10-6-11-22-12-8-19(18(22)23)13-16(24-3)15(7-5-9-20)17(14-19)25-4/h13-15H,5-12H2,1-4H3. The van der Waals surface area contributed by atoms with Gasteiger partial charge >= 0.3 is 0 Å². The first kappa shape index (κ1) is 20.6. The van der Waals surface area contributed by atoms with E-state index < -0.39 is 5.41 Å². The summed E-state index contributed by atoms with van der Waals surface area (Å²) in [5, 5.41) is 0. The number of halogens is 1. The number of hydrogen-bond donors (Lipinski definition) is 0. The monoisotopic (exact) mass is 462 g/mol. The third-order valence-corrected chi connectivity index (χ3v) is 5.86. The van der Waals surface area contributed by atoms with E-state index in [4.69, 9.17) is 9.47 Å². The van der Waals surface area contributed by atoms with Crippen LogP contribution in [0.5, 0.6) is 0 Å². The molecule has 0 saturated carbocycles. The van der Waals surface area contributed by atoms with Gasteiger partial charge in [-0.05, 0) is 62.9 Å². The van der Waals surface area contributed by atoms with Crippen LogP contribution >= 0.6 is 22.6 Å². The summed E-state index contributed by atoms with van der Waals surface area (Å²) in [6.07, 6.45) is 7.99. The number of amides is 1. The van der Waals surface area contributed by atoms with Gasteiger partial charge in [0.1, 0.15) is 11.5 Å². The minimum absolute atomic E-state index is 0.131. The van der Waals surface area contributed by atoms with Gasteiger partial charge < -0.3 is 19.3 Å². The number of alkyl halides is 1. The molecular weight excluding hydrogens is 431 g/mol. The summed E-state index contributed by atoms with van der Waals surface area (Å²) in [4.78, 5) is 17.3. The second-order valence-corrected chi connectivity index (χ2v) is 8.20. The Balaban J connectivity index is 2.17. The minimum atomic E-state index is -0.588. The lowest BCUT2D eigenvalue weighted by molar-refractivity contribution is -0.132. The van der Waals surface area contributed by atoms with Crippen LogP contribution in [0.1, 0.15) is 25.7 Å². The largest absolute Gasteiger partial charge is 0.501 e. The Labute approximate surface area is 165 Å². The summed E-state index contributed by atoms with van der Waals surface area (Å²) in [6.45, 7) is 2.60. The molecule has 1 amide bonds. The molecule has 1 aliphatic carbocycles. The summed E-state index contributed by atoms with van der Waals surface area (Å²) in [6, 6.07) is 0. The van der Waals surface area contributed by atoms with E-state index in [1.165, 1.54) is 0 Å². The first-order chi connectivity index (χ1) is 12.0. The molecule has 1 fully saturated rings. The highest BCUT2D eigenvalue weighted by Gasteiger charge is 2.47. The molecule has 2 aliphatic rings. The van der Waals surface area contributed by atoms with Crippen LogP contribution in [0.2, 0.25) is 0 Å². The Morgan fingerprint density at radius 3 is 2.40 bits per heavy atom. The zero-order valence-corrected chi connectivity index (χ0v) is 18.0. The van der Waals surface area contributed by atoms with E-state index in [0.29, 0.717) is 0 Å². The molecule has 1 aliphatic heterocycles. The van der Waals surface area contributed by atoms with Crippen LogP contribution in [0.25, 0.3) is 0 Å². The molecule has 0 aromatic heterocycles. The van der Waals surface area contributed by atoms with Crippen molar-refractivity contribution in [1.29, 1.82) is 0 Å². The van der Waals surface area contributed by atoms with Crippen LogP contribution < -0.4 is 0 Å². The molecule has 142 valence electrons. The lowest BCUT2D eigenvalue weighted by Crippen LogP contribution is -2.36. The van der Waals surface area contributed by atoms with Crippen molar-refractivity contribution in [2.75, 3.05) is 52.4 Å². The Bertz CT molecular complexity index is 509. The molecule has 1 saturated heterocycles. The number of methoxy groups -OCH3 is 2. The number of likely N-dealkylation sites (tertiary alicyclic amines) is 1. The van der Waals surface area contributed by atoms with E-state index in [1.807, 2.05) is 4.90 Å². The van der Waals surface area contributed by atoms with Crippen LogP contribution in [0.15, 0.2) is 23.7 Å². The number of carbonyl (C=O) groups is 1. The van der Waals surface area contributed by atoms with Crippen molar-refractivity contribution in [2.24, 2.45) is 11.3 Å². The minimum Gasteiger partial charge on any atom is -0.501 e. The van der Waals surface area contributed by atoms with E-state index >= 15 is 0 Å². The molecule has 0 radical (unpaired) electrons. The van der Waals surface area contributed by atoms with Gasteiger partial charge in [0.25, 0.3) is 0 Å². The first-order valence-electron chi connectivity index (χ1n) is 9.01. The van der Waals surface area contributed by atoms with Crippen molar-refractivity contribution in [1.82, 2.24) is 9.80 Å². The van der Waals surface area contributed by atoms with Crippen LogP contribution in [-0.4, -0.2) is 68.1 Å². The molecule has 2 rings (SSSR count). The van der Waals surface area contributed by atoms with E-state index in [9.17, 15) is 4.79 Å². The molecule has 0 N–H and O–H groups in total. The van der Waals surface area contributed by atoms with Gasteiger partial charge in [0.05, 0.1) is 25.6 Å². The number of rotatable bonds is 9. The van der Waals surface area contributed by atoms with Gasteiger partial charge in [0, 0.05) is 13.1 Å². The molecule has 0 bridgehead atoms. The average Bonchev–Trinajstić information content (AvgIpc) is 2.89. The van der Waals surface area contributed by atoms with Gasteiger partial charge in [0.2, 0.25) is 5.91 Å². The van der Waals surface area contributed by atoms with Gasteiger partial charge in [-0.2, -0.15) is 0 Å². The number of hydrogen-bond acceptors (Lipinski definition) is 4. The zero-order valence-electron chi connectivity index (χ0n) is 15.9. The summed E-state index contributed by atoms with van der Waals surface area (Å²) in [5.74, 6) is 2.08. The summed E-state index contributed by atoms with van der Waals surface area (Å²) < 4.78 is 12.5. The van der Waals surface area contributed by atoms with Crippen molar-refractivity contribution in [3.63, 3.8) is 0 Å². The van der Waals surface area contributed by atoms with Gasteiger partial charge in [-0.25, -0.2) is 0 Å². The van der Waals surface area contributed by atoms with Crippen molar-refractivity contribution in [2.45, 2.75) is 25.7 Å². The molecule has 0 unspecified atom stereocenters. The first-order valence-corrected chi connectivity index (χ1v) is 10.5. The lowest BCUT2D eigenvalue weighted by atomic mass is 9.77. The lowest BCUT2D eigenvalue weighted by Gasteiger charge is -2.32. The van der Waals surface area contributed by atoms with Crippen LogP contribution in [0, 0.1) is 11.3 Å². The predicted molar refractivity (Wildman–Crippen MR) is 109 cm³/mol. The van der Waals surface area contributed by atoms with Crippen LogP contribution in [-0.2, 0) is 14.3 Å². The Hall–Kier alpha value is -0.760. The number of nitrogens with zero attached hydrogens (tertiary/aromatic N) is 2. The number of carbonyl (C=O) groups excluding carboxylic acids is 1. The van der Waals surface area contributed by atoms with Crippen molar-refractivity contribution in [3.8, 4) is 0 Å². The van der Waals surface area contributed by atoms with E-state index in [1.54, 1.807) is 14.2 Å². The molecule has 0 aromatic rings. The SMILES string of the molecule is COC1=CC2(C=C(OC)C1CCCI)CCN(CCCN(C)C)C2=O. The summed E-state index contributed by atoms with van der Waals surface area (Å²) in [7, 11) is 7.52. The third-order valence-electron chi connectivity index (χ3n) is 5.10. The highest BCUT2D eigenvalue weighted by molar-refractivity contribution is 14.1. The van der Waals surface area contributed by atoms with E-state index in [-0.39, 0.29) is 11.8 Å². The topological polar surface area (TPSA) is 42.0 Å². The second-order valence-electron chi connectivity index (χ2n) is 7.12. The van der Waals surface area contributed by atoms with Gasteiger partial charge in [-0.3, -0.25) is 4.79 Å². The predicted octanol–water partition coefficient (Wildman–Crippen LogP) is 3.06. The zero-order chi connectivity index (χ0) is 18.4. The van der Waals surface area contributed by atoms with Gasteiger partial charge in [-0.1, -0.05) is 22.6 Å². The highest BCUT2D eigenvalue weighted by Crippen LogP contribution is 2.44. The van der Waals surface area contributed by atoms with Gasteiger partial charge in [-0.15, -0.1) is 0 Å². The Kier molecular flexibility index (Phi) is 7.61. The summed E-state index contributed by atoms with van der Waals surface area (Å²) >= 11 is 2.39. The van der Waals surface area contributed by atoms with Crippen LogP contribution in [0.4, 0.5) is 0 Å². The Morgan fingerprint density at radius 1 is 1.24 bits per heavy atom. The average molecular weight is 462 g/mol. The molecule has 1 heterocycles.